The summed E-state index contributed by atoms with van der Waals surface area (Å²) in [6.45, 7) is 4.37. The Hall–Kier alpha value is -4.51. The molecule has 192 valence electrons. The average Bonchev–Trinajstić information content (AvgIpc) is 2.81. The van der Waals surface area contributed by atoms with E-state index in [9.17, 15) is 24.0 Å². The number of ether oxygens (including phenoxy) is 2. The number of benzene rings is 1. The van der Waals surface area contributed by atoms with Gasteiger partial charge < -0.3 is 25.8 Å². The number of primary amides is 1. The number of carbonyl (C=O) groups excluding carboxylic acids is 5. The third-order valence-corrected chi connectivity index (χ3v) is 4.60. The van der Waals surface area contributed by atoms with Crippen molar-refractivity contribution < 1.29 is 33.4 Å². The predicted octanol–water partition coefficient (Wildman–Crippen LogP) is 0.576. The van der Waals surface area contributed by atoms with E-state index < -0.39 is 54.0 Å². The molecule has 4 N–H and O–H groups in total. The third kappa shape index (κ3) is 9.03. The van der Waals surface area contributed by atoms with Crippen LogP contribution in [0.2, 0.25) is 0 Å². The number of terminal acetylenes is 2. The standard InChI is InChI=1S/C25H30N4O7/c1-7-16-11-9-10-12-17(16)21(22(32)27-15-20(31)35-6)29(8-2)23(33)18(13-14-19(26)30)28-24(34)36-25(3,4)5/h1-2,9-12,18,21H,13-15H2,3-6H3,(H2,26,30)(H,27,32)(H,28,34). The number of hydrogen-bond acceptors (Lipinski definition) is 7. The molecule has 0 saturated heterocycles. The lowest BCUT2D eigenvalue weighted by atomic mass is 9.97. The van der Waals surface area contributed by atoms with Crippen molar-refractivity contribution in [2.75, 3.05) is 13.7 Å². The van der Waals surface area contributed by atoms with E-state index in [1.54, 1.807) is 39.0 Å². The van der Waals surface area contributed by atoms with E-state index in [-0.39, 0.29) is 24.0 Å². The van der Waals surface area contributed by atoms with Crippen LogP contribution in [0.4, 0.5) is 4.79 Å². The fourth-order valence-electron chi connectivity index (χ4n) is 3.02. The monoisotopic (exact) mass is 498 g/mol. The first-order valence-corrected chi connectivity index (χ1v) is 10.8. The van der Waals surface area contributed by atoms with Gasteiger partial charge in [0.05, 0.1) is 7.11 Å². The number of nitrogens with two attached hydrogens (primary N) is 1. The molecule has 0 heterocycles. The highest BCUT2D eigenvalue weighted by atomic mass is 16.6. The van der Waals surface area contributed by atoms with Crippen LogP contribution in [0.5, 0.6) is 0 Å². The van der Waals surface area contributed by atoms with Gasteiger partial charge in [-0.25, -0.2) is 4.79 Å². The summed E-state index contributed by atoms with van der Waals surface area (Å²) in [6, 6.07) is 5.53. The van der Waals surface area contributed by atoms with Gasteiger partial charge in [-0.15, -0.1) is 6.42 Å². The van der Waals surface area contributed by atoms with E-state index in [0.717, 1.165) is 12.0 Å². The first kappa shape index (κ1) is 29.5. The first-order valence-electron chi connectivity index (χ1n) is 10.8. The number of nitrogens with one attached hydrogen (secondary N) is 2. The SMILES string of the molecule is C#Cc1ccccc1C(C(=O)NCC(=O)OC)N(C#C)C(=O)C(CCC(N)=O)NC(=O)OC(C)(C)C. The number of esters is 1. The molecule has 1 rings (SSSR count). The van der Waals surface area contributed by atoms with Crippen molar-refractivity contribution in [3.05, 3.63) is 35.4 Å². The van der Waals surface area contributed by atoms with Gasteiger partial charge in [-0.05, 0) is 33.3 Å². The van der Waals surface area contributed by atoms with Gasteiger partial charge in [0.1, 0.15) is 24.2 Å². The Morgan fingerprint density at radius 2 is 1.78 bits per heavy atom. The predicted molar refractivity (Wildman–Crippen MR) is 129 cm³/mol. The molecule has 0 aliphatic rings. The normalized spacial score (nSPS) is 12.1. The fourth-order valence-corrected chi connectivity index (χ4v) is 3.02. The van der Waals surface area contributed by atoms with Gasteiger partial charge in [0, 0.05) is 23.6 Å². The molecule has 4 amide bonds. The van der Waals surface area contributed by atoms with Crippen molar-refractivity contribution in [1.29, 1.82) is 0 Å². The molecule has 11 heteroatoms. The van der Waals surface area contributed by atoms with Crippen LogP contribution < -0.4 is 16.4 Å². The molecule has 11 nitrogen and oxygen atoms in total. The second-order valence-corrected chi connectivity index (χ2v) is 8.47. The van der Waals surface area contributed by atoms with Crippen molar-refractivity contribution in [2.45, 2.75) is 51.3 Å². The molecule has 0 bridgehead atoms. The maximum absolute atomic E-state index is 13.5. The second kappa shape index (κ2) is 13.4. The van der Waals surface area contributed by atoms with E-state index >= 15 is 0 Å². The number of nitrogens with zero attached hydrogens (tertiary/aromatic N) is 1. The Morgan fingerprint density at radius 1 is 1.14 bits per heavy atom. The summed E-state index contributed by atoms with van der Waals surface area (Å²) >= 11 is 0. The number of methoxy groups -OCH3 is 1. The molecular formula is C25H30N4O7. The van der Waals surface area contributed by atoms with Gasteiger partial charge in [-0.3, -0.25) is 24.1 Å². The second-order valence-electron chi connectivity index (χ2n) is 8.47. The van der Waals surface area contributed by atoms with Gasteiger partial charge in [0.25, 0.3) is 5.91 Å². The van der Waals surface area contributed by atoms with Crippen LogP contribution in [-0.2, 0) is 28.7 Å². The van der Waals surface area contributed by atoms with E-state index in [4.69, 9.17) is 23.3 Å². The molecule has 2 unspecified atom stereocenters. The quantitative estimate of drug-likeness (QED) is 0.242. The first-order chi connectivity index (χ1) is 16.8. The highest BCUT2D eigenvalue weighted by Crippen LogP contribution is 2.25. The van der Waals surface area contributed by atoms with Crippen LogP contribution in [-0.4, -0.2) is 60.0 Å². The van der Waals surface area contributed by atoms with E-state index in [1.165, 1.54) is 6.07 Å². The van der Waals surface area contributed by atoms with E-state index in [1.807, 2.05) is 0 Å². The molecule has 0 spiro atoms. The van der Waals surface area contributed by atoms with Crippen LogP contribution in [0.25, 0.3) is 0 Å². The minimum Gasteiger partial charge on any atom is -0.468 e. The van der Waals surface area contributed by atoms with Crippen molar-refractivity contribution in [3.8, 4) is 24.8 Å². The number of rotatable bonds is 10. The van der Waals surface area contributed by atoms with Crippen LogP contribution >= 0.6 is 0 Å². The van der Waals surface area contributed by atoms with Gasteiger partial charge in [0.2, 0.25) is 11.8 Å². The van der Waals surface area contributed by atoms with Crippen molar-refractivity contribution >= 4 is 29.8 Å². The van der Waals surface area contributed by atoms with Gasteiger partial charge in [0.15, 0.2) is 0 Å². The van der Waals surface area contributed by atoms with Crippen LogP contribution in [0.1, 0.15) is 50.8 Å². The number of hydrogen-bond donors (Lipinski definition) is 3. The Labute approximate surface area is 210 Å². The minimum absolute atomic E-state index is 0.194. The van der Waals surface area contributed by atoms with Crippen molar-refractivity contribution in [3.63, 3.8) is 0 Å². The smallest absolute Gasteiger partial charge is 0.408 e. The van der Waals surface area contributed by atoms with Gasteiger partial charge >= 0.3 is 12.1 Å². The lowest BCUT2D eigenvalue weighted by Gasteiger charge is -2.30. The third-order valence-electron chi connectivity index (χ3n) is 4.60. The Kier molecular flexibility index (Phi) is 11.0. The minimum atomic E-state index is -1.49. The summed E-state index contributed by atoms with van der Waals surface area (Å²) in [4.78, 5) is 62.8. The van der Waals surface area contributed by atoms with E-state index in [0.29, 0.717) is 0 Å². The van der Waals surface area contributed by atoms with Crippen molar-refractivity contribution in [1.82, 2.24) is 15.5 Å². The lowest BCUT2D eigenvalue weighted by Crippen LogP contribution is -2.52. The Bertz CT molecular complexity index is 1080. The molecule has 0 radical (unpaired) electrons. The summed E-state index contributed by atoms with van der Waals surface area (Å²) in [6.07, 6.45) is 9.78. The Balaban J connectivity index is 3.46. The molecular weight excluding hydrogens is 468 g/mol. The summed E-state index contributed by atoms with van der Waals surface area (Å²) < 4.78 is 9.73. The zero-order valence-electron chi connectivity index (χ0n) is 20.6. The zero-order chi connectivity index (χ0) is 27.5. The molecule has 2 atom stereocenters. The molecule has 36 heavy (non-hydrogen) atoms. The molecule has 0 aliphatic carbocycles. The van der Waals surface area contributed by atoms with Gasteiger partial charge in [-0.2, -0.15) is 0 Å². The molecule has 0 aromatic heterocycles. The van der Waals surface area contributed by atoms with E-state index in [2.05, 4.69) is 27.3 Å². The zero-order valence-corrected chi connectivity index (χ0v) is 20.6. The van der Waals surface area contributed by atoms with Gasteiger partial charge in [-0.1, -0.05) is 30.5 Å². The molecule has 1 aromatic carbocycles. The fraction of sp³-hybridized carbons (Fsp3) is 0.400. The number of alkyl carbamates (subject to hydrolysis) is 1. The highest BCUT2D eigenvalue weighted by Gasteiger charge is 2.37. The summed E-state index contributed by atoms with van der Waals surface area (Å²) in [5, 5.41) is 4.73. The number of carbonyl (C=O) groups is 5. The molecule has 0 fully saturated rings. The molecule has 0 aliphatic heterocycles. The maximum atomic E-state index is 13.5. The molecule has 1 aromatic rings. The van der Waals surface area contributed by atoms with Crippen molar-refractivity contribution in [2.24, 2.45) is 5.73 Å². The largest absolute Gasteiger partial charge is 0.468 e. The Morgan fingerprint density at radius 3 is 2.31 bits per heavy atom. The maximum Gasteiger partial charge on any atom is 0.408 e. The summed E-state index contributed by atoms with van der Waals surface area (Å²) in [5.41, 5.74) is 4.80. The van der Waals surface area contributed by atoms with Crippen LogP contribution in [0.15, 0.2) is 24.3 Å². The lowest BCUT2D eigenvalue weighted by molar-refractivity contribution is -0.142. The summed E-state index contributed by atoms with van der Waals surface area (Å²) in [5.74, 6) is -0.783. The van der Waals surface area contributed by atoms with Crippen LogP contribution in [0.3, 0.4) is 0 Å². The summed E-state index contributed by atoms with van der Waals surface area (Å²) in [7, 11) is 1.14. The topological polar surface area (TPSA) is 157 Å². The number of amides is 4. The van der Waals surface area contributed by atoms with Crippen LogP contribution in [0, 0.1) is 24.8 Å². The molecule has 0 saturated carbocycles. The average molecular weight is 499 g/mol. The highest BCUT2D eigenvalue weighted by molar-refractivity contribution is 5.94.